The number of hydrogen-bond acceptors (Lipinski definition) is 20. The normalized spacial score (nSPS) is 12.0. The molecule has 8 aromatic carbocycles. The van der Waals surface area contributed by atoms with E-state index >= 15 is 0 Å². The number of pyridine rings is 4. The molecule has 0 atom stereocenters. The van der Waals surface area contributed by atoms with Crippen LogP contribution in [0.1, 0.15) is 170 Å². The largest absolute Gasteiger partial charge is 0.496 e. The molecule has 12 rings (SSSR count). The predicted molar refractivity (Wildman–Crippen MR) is 497 cm³/mol. The van der Waals surface area contributed by atoms with Crippen molar-refractivity contribution < 1.29 is 66.0 Å². The summed E-state index contributed by atoms with van der Waals surface area (Å²) in [5.41, 5.74) is 3.68. The molecule has 654 valence electrons. The lowest BCUT2D eigenvalue weighted by atomic mass is 9.87. The van der Waals surface area contributed by atoms with Crippen LogP contribution in [0, 0.1) is 0 Å². The van der Waals surface area contributed by atoms with Crippen molar-refractivity contribution in [3.05, 3.63) is 336 Å². The minimum atomic E-state index is -4.09. The number of sulfone groups is 1. The van der Waals surface area contributed by atoms with Crippen molar-refractivity contribution in [2.24, 2.45) is 0 Å². The van der Waals surface area contributed by atoms with E-state index < -0.39 is 67.3 Å². The molecule has 23 nitrogen and oxygen atoms in total. The zero-order valence-electron chi connectivity index (χ0n) is 70.3. The van der Waals surface area contributed by atoms with Crippen LogP contribution in [0.3, 0.4) is 0 Å². The van der Waals surface area contributed by atoms with Crippen molar-refractivity contribution in [3.8, 4) is 5.75 Å². The third-order valence-corrected chi connectivity index (χ3v) is 27.4. The number of carbonyl (C=O) groups excluding carboxylic acids is 4. The molecule has 0 spiro atoms. The molecule has 34 heteroatoms. The Morgan fingerprint density at radius 1 is 0.328 bits per heavy atom. The van der Waals surface area contributed by atoms with Crippen molar-refractivity contribution >= 4 is 166 Å². The van der Waals surface area contributed by atoms with Gasteiger partial charge in [0.05, 0.1) is 85.0 Å². The number of rotatable bonds is 23. The number of ether oxygens (including phenoxy) is 1. The molecule has 0 aliphatic carbocycles. The Bertz CT molecular complexity index is 6480. The standard InChI is InChI=1S/C23H23ClN2O5S2.C23H23ClN2O4S.C23H23ClN2O3S2.C22H20Cl2N2O3S/c1-23(2,3)15-9-11-17(12-10-15)33(30,31)26-19-13-16(24)14-25-21(19)22(27)18-7-5-6-8-20(18)32(4,28)29;2*1-23(2,3)15-9-11-17(12-10-15)31(28,29)26-19-13-16(24)14-25-21(19)22(27)18-7-5-6-8-20(18)30-4;1-22(2,3)14-8-10-16(11-9-14)30(28,29)26-19-12-15(23)13-25-20(19)21(27)17-6-4-5-7-18(17)24/h5-14,26H,1-4H3;2*5-14,26H,1-4H3;4-13,26H,1-3H3. The fraction of sp³-hybridized carbons (Fsp3) is 0.209. The van der Waals surface area contributed by atoms with Gasteiger partial charge in [0.1, 0.15) is 28.5 Å². The Morgan fingerprint density at radius 2 is 0.576 bits per heavy atom. The van der Waals surface area contributed by atoms with Gasteiger partial charge in [-0.3, -0.25) is 38.1 Å². The number of carbonyl (C=O) groups is 4. The number of aromatic nitrogens is 4. The molecule has 0 aliphatic heterocycles. The highest BCUT2D eigenvalue weighted by Gasteiger charge is 2.31. The number of nitrogens with zero attached hydrogens (tertiary/aromatic N) is 4. The SMILES string of the molecule is CC(C)(C)c1ccc(S(=O)(=O)Nc2cc(Cl)cnc2C(=O)c2ccccc2Cl)cc1.CC(C)(C)c1ccc(S(=O)(=O)Nc2cc(Cl)cnc2C(=O)c2ccccc2S(C)(=O)=O)cc1.COc1ccccc1C(=O)c1ncc(Cl)cc1NS(=O)(=O)c1ccc(C(C)(C)C)cc1.CSc1ccccc1C(=O)c1ncc(Cl)cc1NS(=O)(=O)c1ccc(C(C)(C)C)cc1. The van der Waals surface area contributed by atoms with Gasteiger partial charge in [0.15, 0.2) is 9.84 Å². The van der Waals surface area contributed by atoms with Crippen LogP contribution in [-0.4, -0.2) is 105 Å². The number of sulfonamides is 4. The Balaban J connectivity index is 0.000000189. The molecular weight excluding hydrogens is 1810 g/mol. The zero-order chi connectivity index (χ0) is 92.3. The average Bonchev–Trinajstić information content (AvgIpc) is 1.17. The minimum Gasteiger partial charge on any atom is -0.496 e. The first-order chi connectivity index (χ1) is 58.2. The van der Waals surface area contributed by atoms with E-state index in [4.69, 9.17) is 62.7 Å². The summed E-state index contributed by atoms with van der Waals surface area (Å²) in [4.78, 5) is 69.5. The molecule has 0 unspecified atom stereocenters. The van der Waals surface area contributed by atoms with Crippen LogP contribution in [0.25, 0.3) is 0 Å². The van der Waals surface area contributed by atoms with Crippen LogP contribution in [0.2, 0.25) is 25.1 Å². The number of benzene rings is 8. The van der Waals surface area contributed by atoms with Crippen molar-refractivity contribution in [3.63, 3.8) is 0 Å². The summed E-state index contributed by atoms with van der Waals surface area (Å²) in [6.07, 6.45) is 7.94. The first-order valence-corrected chi connectivity index (χ1v) is 48.8. The average molecular weight is 1900 g/mol. The van der Waals surface area contributed by atoms with E-state index in [1.165, 1.54) is 129 Å². The van der Waals surface area contributed by atoms with E-state index in [1.54, 1.807) is 121 Å². The van der Waals surface area contributed by atoms with E-state index in [2.05, 4.69) is 59.6 Å². The quantitative estimate of drug-likeness (QED) is 0.0341. The van der Waals surface area contributed by atoms with Gasteiger partial charge in [-0.1, -0.05) is 238 Å². The van der Waals surface area contributed by atoms with Crippen molar-refractivity contribution in [2.75, 3.05) is 38.5 Å². The lowest BCUT2D eigenvalue weighted by Crippen LogP contribution is -2.18. The Labute approximate surface area is 759 Å². The van der Waals surface area contributed by atoms with Crippen LogP contribution >= 0.6 is 69.8 Å². The monoisotopic (exact) mass is 1900 g/mol. The Hall–Kier alpha value is -10.4. The molecule has 125 heavy (non-hydrogen) atoms. The number of nitrogens with one attached hydrogen (secondary N) is 4. The van der Waals surface area contributed by atoms with E-state index in [-0.39, 0.29) is 139 Å². The Kier molecular flexibility index (Phi) is 31.5. The molecule has 0 saturated carbocycles. The number of methoxy groups -OCH3 is 1. The fourth-order valence-corrected chi connectivity index (χ4v) is 18.5. The van der Waals surface area contributed by atoms with Gasteiger partial charge >= 0.3 is 0 Å². The van der Waals surface area contributed by atoms with Gasteiger partial charge in [-0.2, -0.15) is 0 Å². The predicted octanol–water partition coefficient (Wildman–Crippen LogP) is 21.0. The molecule has 0 amide bonds. The molecule has 0 aliphatic rings. The topological polar surface area (TPSA) is 348 Å². The highest BCUT2D eigenvalue weighted by atomic mass is 35.5. The second-order valence-corrected chi connectivity index (χ2v) is 43.9. The maximum atomic E-state index is 13.2. The highest BCUT2D eigenvalue weighted by molar-refractivity contribution is 7.98. The van der Waals surface area contributed by atoms with Gasteiger partial charge in [0, 0.05) is 52.6 Å². The number of ketones is 4. The fourth-order valence-electron chi connectivity index (χ4n) is 11.9. The number of anilines is 4. The van der Waals surface area contributed by atoms with Gasteiger partial charge in [0.2, 0.25) is 23.1 Å². The number of thioether (sulfide) groups is 1. The summed E-state index contributed by atoms with van der Waals surface area (Å²) in [6, 6.07) is 57.5. The van der Waals surface area contributed by atoms with Gasteiger partial charge in [-0.05, 0) is 171 Å². The smallest absolute Gasteiger partial charge is 0.261 e. The van der Waals surface area contributed by atoms with E-state index in [9.17, 15) is 61.3 Å². The van der Waals surface area contributed by atoms with E-state index in [0.717, 1.165) is 33.4 Å². The summed E-state index contributed by atoms with van der Waals surface area (Å²) in [5.74, 6) is -1.79. The van der Waals surface area contributed by atoms with Crippen LogP contribution in [0.15, 0.2) is 273 Å². The van der Waals surface area contributed by atoms with E-state index in [0.29, 0.717) is 11.3 Å². The summed E-state index contributed by atoms with van der Waals surface area (Å²) in [6.45, 7) is 24.4. The van der Waals surface area contributed by atoms with Crippen LogP contribution in [0.5, 0.6) is 5.75 Å². The number of halogens is 5. The molecule has 0 fully saturated rings. The molecule has 4 N–H and O–H groups in total. The Morgan fingerprint density at radius 3 is 0.864 bits per heavy atom. The lowest BCUT2D eigenvalue weighted by molar-refractivity contribution is 0.102. The third-order valence-electron chi connectivity index (χ3n) is 18.7. The highest BCUT2D eigenvalue weighted by Crippen LogP contribution is 2.36. The molecular formula is C91H89Cl5N8O15S6. The van der Waals surface area contributed by atoms with Crippen molar-refractivity contribution in [1.82, 2.24) is 19.9 Å². The maximum Gasteiger partial charge on any atom is 0.261 e. The van der Waals surface area contributed by atoms with Gasteiger partial charge < -0.3 is 4.74 Å². The van der Waals surface area contributed by atoms with Crippen LogP contribution < -0.4 is 23.6 Å². The molecule has 0 saturated heterocycles. The maximum absolute atomic E-state index is 13.2. The zero-order valence-corrected chi connectivity index (χ0v) is 79.0. The molecule has 4 heterocycles. The van der Waals surface area contributed by atoms with Crippen LogP contribution in [0.4, 0.5) is 22.7 Å². The molecule has 0 radical (unpaired) electrons. The summed E-state index contributed by atoms with van der Waals surface area (Å²) < 4.78 is 143. The first-order valence-electron chi connectivity index (χ1n) is 37.9. The van der Waals surface area contributed by atoms with Gasteiger partial charge in [-0.15, -0.1) is 11.8 Å². The van der Waals surface area contributed by atoms with Gasteiger partial charge in [0.25, 0.3) is 40.1 Å². The molecule has 4 aromatic heterocycles. The first kappa shape index (κ1) is 98.4. The summed E-state index contributed by atoms with van der Waals surface area (Å²) in [7, 11) is -18.3. The number of hydrogen-bond donors (Lipinski definition) is 4. The lowest BCUT2D eigenvalue weighted by Gasteiger charge is -2.19. The summed E-state index contributed by atoms with van der Waals surface area (Å²) >= 11 is 31.7. The second-order valence-electron chi connectivity index (χ2n) is 32.2. The van der Waals surface area contributed by atoms with Gasteiger partial charge in [-0.25, -0.2) is 62.0 Å². The second kappa shape index (κ2) is 40.1. The minimum absolute atomic E-state index is 0.00888. The van der Waals surface area contributed by atoms with Crippen LogP contribution in [-0.2, 0) is 71.6 Å². The third kappa shape index (κ3) is 25.5. The van der Waals surface area contributed by atoms with Crippen molar-refractivity contribution in [2.45, 2.75) is 134 Å². The van der Waals surface area contributed by atoms with E-state index in [1.807, 2.05) is 80.7 Å². The molecule has 12 aromatic rings. The summed E-state index contributed by atoms with van der Waals surface area (Å²) in [5, 5.41) is 0.939. The molecule has 0 bridgehead atoms. The number of para-hydroxylation sites is 1. The van der Waals surface area contributed by atoms with Crippen molar-refractivity contribution in [1.29, 1.82) is 0 Å².